The summed E-state index contributed by atoms with van der Waals surface area (Å²) in [6, 6.07) is 81.8. The molecule has 0 bridgehead atoms. The first-order chi connectivity index (χ1) is 31.9. The molecular formula is C61H46N2OSi. The zero-order chi connectivity index (χ0) is 43.6. The summed E-state index contributed by atoms with van der Waals surface area (Å²) in [4.78, 5) is 4.77. The summed E-state index contributed by atoms with van der Waals surface area (Å²) in [6.45, 7) is 7.21. The summed E-state index contributed by atoms with van der Waals surface area (Å²) in [5.74, 6) is 0. The molecule has 0 aliphatic carbocycles. The van der Waals surface area contributed by atoms with Gasteiger partial charge in [-0.15, -0.1) is 0 Å². The third-order valence-corrected chi connectivity index (χ3v) is 15.2. The Morgan fingerprint density at radius 1 is 0.354 bits per heavy atom. The lowest BCUT2D eigenvalue weighted by Gasteiger charge is -2.28. The summed E-state index contributed by atoms with van der Waals surface area (Å²) in [6.07, 6.45) is 0. The Hall–Kier alpha value is -7.92. The van der Waals surface area contributed by atoms with Gasteiger partial charge in [-0.1, -0.05) is 183 Å². The molecule has 4 heteroatoms. The van der Waals surface area contributed by atoms with E-state index in [9.17, 15) is 0 Å². The molecule has 3 nitrogen and oxygen atoms in total. The van der Waals surface area contributed by atoms with Crippen molar-refractivity contribution in [2.45, 2.75) is 19.6 Å². The number of nitrogens with zero attached hydrogens (tertiary/aromatic N) is 2. The standard InChI is InChI=1S/C61H46N2OSi/c1-65(2,3)47-34-30-44(31-35-47)62(43-19-8-5-9-20-43)45-32-37-49-42(39-45)29-36-54-51-38-33-46(40-56(51)50-22-10-11-24-53(50)60(49)54)63(57-26-14-12-21-48(57)41-17-6-4-7-18-41)58-27-16-25-55-52-23-13-15-28-59(52)64-61(55)58/h4-40H,1-3H3. The lowest BCUT2D eigenvalue weighted by molar-refractivity contribution is 0.669. The van der Waals surface area contributed by atoms with Gasteiger partial charge in [0.15, 0.2) is 5.58 Å². The van der Waals surface area contributed by atoms with Crippen LogP contribution >= 0.6 is 0 Å². The van der Waals surface area contributed by atoms with Gasteiger partial charge in [0.25, 0.3) is 0 Å². The van der Waals surface area contributed by atoms with Gasteiger partial charge >= 0.3 is 0 Å². The average Bonchev–Trinajstić information content (AvgIpc) is 3.74. The third-order valence-electron chi connectivity index (χ3n) is 13.2. The van der Waals surface area contributed by atoms with Gasteiger partial charge in [0.2, 0.25) is 0 Å². The highest BCUT2D eigenvalue weighted by Crippen LogP contribution is 2.48. The van der Waals surface area contributed by atoms with Crippen molar-refractivity contribution < 1.29 is 4.42 Å². The lowest BCUT2D eigenvalue weighted by atomic mass is 9.90. The molecule has 1 heterocycles. The normalized spacial score (nSPS) is 11.9. The Kier molecular flexibility index (Phi) is 9.18. The van der Waals surface area contributed by atoms with Gasteiger partial charge in [-0.05, 0) is 115 Å². The monoisotopic (exact) mass is 850 g/mol. The van der Waals surface area contributed by atoms with Crippen LogP contribution in [0.25, 0.3) is 76.2 Å². The van der Waals surface area contributed by atoms with Gasteiger partial charge in [0.1, 0.15) is 5.58 Å². The van der Waals surface area contributed by atoms with E-state index in [1.165, 1.54) is 48.3 Å². The number of rotatable bonds is 8. The van der Waals surface area contributed by atoms with E-state index in [2.05, 4.69) is 248 Å². The molecule has 0 atom stereocenters. The fraction of sp³-hybridized carbons (Fsp3) is 0.0492. The molecule has 12 aromatic rings. The largest absolute Gasteiger partial charge is 0.454 e. The molecule has 0 saturated carbocycles. The van der Waals surface area contributed by atoms with Crippen LogP contribution in [0, 0.1) is 0 Å². The molecule has 0 aliphatic heterocycles. The van der Waals surface area contributed by atoms with Crippen LogP contribution in [0.1, 0.15) is 0 Å². The van der Waals surface area contributed by atoms with Crippen LogP contribution in [0.4, 0.5) is 34.1 Å². The maximum absolute atomic E-state index is 6.76. The summed E-state index contributed by atoms with van der Waals surface area (Å²) >= 11 is 0. The molecule has 65 heavy (non-hydrogen) atoms. The molecule has 0 unspecified atom stereocenters. The molecule has 0 radical (unpaired) electrons. The second-order valence-electron chi connectivity index (χ2n) is 18.1. The van der Waals surface area contributed by atoms with E-state index in [1.54, 1.807) is 0 Å². The Morgan fingerprint density at radius 3 is 1.69 bits per heavy atom. The first-order valence-corrected chi connectivity index (χ1v) is 26.0. The van der Waals surface area contributed by atoms with Crippen molar-refractivity contribution in [3.63, 3.8) is 0 Å². The Balaban J connectivity index is 1.06. The number of fused-ring (bicyclic) bond motifs is 11. The maximum atomic E-state index is 6.76. The van der Waals surface area contributed by atoms with Crippen molar-refractivity contribution in [3.05, 3.63) is 224 Å². The minimum atomic E-state index is -1.45. The number of benzene rings is 11. The van der Waals surface area contributed by atoms with Crippen LogP contribution in [0.5, 0.6) is 0 Å². The summed E-state index contributed by atoms with van der Waals surface area (Å²) < 4.78 is 6.76. The first kappa shape index (κ1) is 38.7. The molecule has 12 rings (SSSR count). The van der Waals surface area contributed by atoms with Gasteiger partial charge in [-0.2, -0.15) is 0 Å². The van der Waals surface area contributed by atoms with Gasteiger partial charge in [0, 0.05) is 39.1 Å². The van der Waals surface area contributed by atoms with E-state index < -0.39 is 8.07 Å². The van der Waals surface area contributed by atoms with E-state index >= 15 is 0 Å². The van der Waals surface area contributed by atoms with E-state index in [0.717, 1.165) is 67.2 Å². The molecule has 0 amide bonds. The zero-order valence-corrected chi connectivity index (χ0v) is 37.7. The van der Waals surface area contributed by atoms with Crippen LogP contribution in [0.2, 0.25) is 19.6 Å². The Labute approximate surface area is 380 Å². The van der Waals surface area contributed by atoms with Crippen molar-refractivity contribution >= 4 is 112 Å². The third kappa shape index (κ3) is 6.56. The summed E-state index contributed by atoms with van der Waals surface area (Å²) in [5.41, 5.74) is 10.6. The summed E-state index contributed by atoms with van der Waals surface area (Å²) in [7, 11) is -1.45. The number of hydrogen-bond acceptors (Lipinski definition) is 3. The molecule has 0 N–H and O–H groups in total. The van der Waals surface area contributed by atoms with Gasteiger partial charge in [-0.25, -0.2) is 0 Å². The van der Waals surface area contributed by atoms with Crippen molar-refractivity contribution in [1.82, 2.24) is 0 Å². The highest BCUT2D eigenvalue weighted by molar-refractivity contribution is 6.88. The SMILES string of the molecule is C[Si](C)(C)c1ccc(N(c2ccccc2)c2ccc3c(ccc4c5ccc(N(c6ccccc6-c6ccccc6)c6cccc7c6oc6ccccc67)cc5c5ccccc5c34)c2)cc1. The molecule has 0 fully saturated rings. The first-order valence-electron chi connectivity index (χ1n) is 22.5. The molecule has 0 aliphatic rings. The van der Waals surface area contributed by atoms with Crippen molar-refractivity contribution in [1.29, 1.82) is 0 Å². The molecule has 1 aromatic heterocycles. The fourth-order valence-corrected chi connectivity index (χ4v) is 11.2. The minimum absolute atomic E-state index is 0.861. The predicted octanol–water partition coefficient (Wildman–Crippen LogP) is 17.4. The van der Waals surface area contributed by atoms with Gasteiger partial charge < -0.3 is 14.2 Å². The fourth-order valence-electron chi connectivity index (χ4n) is 10.0. The maximum Gasteiger partial charge on any atom is 0.159 e. The molecular weight excluding hydrogens is 805 g/mol. The van der Waals surface area contributed by atoms with Crippen molar-refractivity contribution in [2.24, 2.45) is 0 Å². The van der Waals surface area contributed by atoms with Gasteiger partial charge in [0.05, 0.1) is 19.4 Å². The quantitative estimate of drug-likeness (QED) is 0.112. The second-order valence-corrected chi connectivity index (χ2v) is 23.2. The number of furan rings is 1. The molecule has 310 valence electrons. The minimum Gasteiger partial charge on any atom is -0.454 e. The summed E-state index contributed by atoms with van der Waals surface area (Å²) in [5, 5.41) is 13.5. The molecule has 11 aromatic carbocycles. The van der Waals surface area contributed by atoms with E-state index in [-0.39, 0.29) is 0 Å². The van der Waals surface area contributed by atoms with Crippen molar-refractivity contribution in [2.75, 3.05) is 9.80 Å². The smallest absolute Gasteiger partial charge is 0.159 e. The van der Waals surface area contributed by atoms with E-state index in [4.69, 9.17) is 4.42 Å². The Bertz CT molecular complexity index is 3740. The van der Waals surface area contributed by atoms with Crippen LogP contribution < -0.4 is 15.0 Å². The van der Waals surface area contributed by atoms with Crippen LogP contribution in [0.15, 0.2) is 229 Å². The zero-order valence-electron chi connectivity index (χ0n) is 36.7. The topological polar surface area (TPSA) is 19.6 Å². The number of para-hydroxylation sites is 4. The Morgan fingerprint density at radius 2 is 0.908 bits per heavy atom. The molecule has 0 saturated heterocycles. The predicted molar refractivity (Wildman–Crippen MR) is 282 cm³/mol. The average molecular weight is 851 g/mol. The highest BCUT2D eigenvalue weighted by Gasteiger charge is 2.24. The van der Waals surface area contributed by atoms with Crippen LogP contribution in [0.3, 0.4) is 0 Å². The lowest BCUT2D eigenvalue weighted by Crippen LogP contribution is -2.37. The van der Waals surface area contributed by atoms with E-state index in [1.807, 2.05) is 6.07 Å². The number of hydrogen-bond donors (Lipinski definition) is 0. The highest BCUT2D eigenvalue weighted by atomic mass is 28.3. The van der Waals surface area contributed by atoms with Crippen molar-refractivity contribution in [3.8, 4) is 11.1 Å². The van der Waals surface area contributed by atoms with Crippen LogP contribution in [-0.2, 0) is 0 Å². The number of anilines is 6. The molecule has 0 spiro atoms. The van der Waals surface area contributed by atoms with Crippen LogP contribution in [-0.4, -0.2) is 8.07 Å². The van der Waals surface area contributed by atoms with Gasteiger partial charge in [-0.3, -0.25) is 0 Å². The van der Waals surface area contributed by atoms with E-state index in [0.29, 0.717) is 0 Å². The second kappa shape index (κ2) is 15.4.